The van der Waals surface area contributed by atoms with Gasteiger partial charge < -0.3 is 25.2 Å². The zero-order valence-electron chi connectivity index (χ0n) is 18.4. The maximum atomic E-state index is 12.8. The SMILES string of the molecule is CCCCCC(=O)OCOP(=O)(/N=C(\N)N(C)CC(=O)O)OCOC(=O)CCCCC. The molecule has 0 aromatic heterocycles. The van der Waals surface area contributed by atoms with Gasteiger partial charge in [-0.3, -0.25) is 23.4 Å². The molecule has 0 aliphatic heterocycles. The summed E-state index contributed by atoms with van der Waals surface area (Å²) in [6, 6.07) is 0. The van der Waals surface area contributed by atoms with Gasteiger partial charge in [-0.25, -0.2) is 4.57 Å². The molecule has 3 N–H and O–H groups in total. The van der Waals surface area contributed by atoms with E-state index in [4.69, 9.17) is 29.4 Å². The van der Waals surface area contributed by atoms with Crippen LogP contribution in [0.3, 0.4) is 0 Å². The Hall–Kier alpha value is -2.17. The van der Waals surface area contributed by atoms with Crippen molar-refractivity contribution < 1.29 is 42.6 Å². The van der Waals surface area contributed by atoms with Crippen molar-refractivity contribution in [3.05, 3.63) is 0 Å². The van der Waals surface area contributed by atoms with Crippen molar-refractivity contribution in [2.75, 3.05) is 27.2 Å². The minimum atomic E-state index is -4.37. The van der Waals surface area contributed by atoms with Gasteiger partial charge in [-0.1, -0.05) is 39.5 Å². The number of carboxylic acids is 1. The highest BCUT2D eigenvalue weighted by atomic mass is 31.2. The standard InChI is InChI=1S/C18H34N3O9P/c1-4-6-8-10-16(24)27-13-29-31(26,20-18(19)21(3)12-15(22)23)30-14-28-17(25)11-9-7-5-2/h4-14H2,1-3H3,(H,22,23)(H2,19,20,26). The van der Waals surface area contributed by atoms with Crippen LogP contribution < -0.4 is 5.73 Å². The normalized spacial score (nSPS) is 11.8. The predicted octanol–water partition coefficient (Wildman–Crippen LogP) is 2.62. The van der Waals surface area contributed by atoms with Crippen LogP contribution in [0.2, 0.25) is 0 Å². The molecule has 0 aromatic carbocycles. The molecule has 0 fully saturated rings. The van der Waals surface area contributed by atoms with E-state index in [9.17, 15) is 18.9 Å². The second kappa shape index (κ2) is 16.5. The lowest BCUT2D eigenvalue weighted by molar-refractivity contribution is -0.152. The number of rotatable bonds is 17. The van der Waals surface area contributed by atoms with Crippen LogP contribution in [0.5, 0.6) is 0 Å². The molecule has 180 valence electrons. The molecule has 31 heavy (non-hydrogen) atoms. The molecule has 0 amide bonds. The third-order valence-corrected chi connectivity index (χ3v) is 5.14. The number of likely N-dealkylation sites (N-methyl/N-ethyl adjacent to an activating group) is 1. The summed E-state index contributed by atoms with van der Waals surface area (Å²) in [5, 5.41) is 8.81. The summed E-state index contributed by atoms with van der Waals surface area (Å²) in [6.07, 6.45) is 5.21. The molecule has 12 nitrogen and oxygen atoms in total. The van der Waals surface area contributed by atoms with Gasteiger partial charge >= 0.3 is 25.7 Å². The van der Waals surface area contributed by atoms with Crippen molar-refractivity contribution in [2.24, 2.45) is 10.5 Å². The maximum absolute atomic E-state index is 12.8. The largest absolute Gasteiger partial charge is 0.480 e. The van der Waals surface area contributed by atoms with Crippen LogP contribution in [-0.2, 0) is 37.5 Å². The van der Waals surface area contributed by atoms with Gasteiger partial charge in [-0.2, -0.15) is 0 Å². The van der Waals surface area contributed by atoms with Crippen molar-refractivity contribution >= 4 is 31.6 Å². The summed E-state index contributed by atoms with van der Waals surface area (Å²) in [7, 11) is -3.07. The Kier molecular flexibility index (Phi) is 15.4. The number of carboxylic acid groups (broad SMARTS) is 1. The molecule has 0 atom stereocenters. The topological polar surface area (TPSA) is 167 Å². The average Bonchev–Trinajstić information content (AvgIpc) is 2.67. The molecular weight excluding hydrogens is 433 g/mol. The number of nitrogens with two attached hydrogens (primary N) is 1. The Morgan fingerprint density at radius 3 is 1.77 bits per heavy atom. The molecule has 0 unspecified atom stereocenters. The highest BCUT2D eigenvalue weighted by Gasteiger charge is 2.28. The molecule has 0 rings (SSSR count). The monoisotopic (exact) mass is 467 g/mol. The number of hydrogen-bond donors (Lipinski definition) is 2. The number of nitrogens with zero attached hydrogens (tertiary/aromatic N) is 2. The average molecular weight is 467 g/mol. The first kappa shape index (κ1) is 28.8. The molecule has 0 radical (unpaired) electrons. The van der Waals surface area contributed by atoms with Gasteiger partial charge in [-0.05, 0) is 12.8 Å². The van der Waals surface area contributed by atoms with E-state index in [1.165, 1.54) is 7.05 Å². The predicted molar refractivity (Wildman–Crippen MR) is 112 cm³/mol. The third-order valence-electron chi connectivity index (χ3n) is 3.83. The van der Waals surface area contributed by atoms with Crippen molar-refractivity contribution in [2.45, 2.75) is 65.2 Å². The molecule has 0 aliphatic carbocycles. The molecule has 0 saturated carbocycles. The molecule has 0 spiro atoms. The van der Waals surface area contributed by atoms with Gasteiger partial charge in [0.15, 0.2) is 0 Å². The van der Waals surface area contributed by atoms with Gasteiger partial charge in [0.05, 0.1) is 0 Å². The van der Waals surface area contributed by atoms with Crippen LogP contribution >= 0.6 is 7.75 Å². The number of ether oxygens (including phenoxy) is 2. The van der Waals surface area contributed by atoms with E-state index in [0.29, 0.717) is 12.8 Å². The second-order valence-electron chi connectivity index (χ2n) is 6.62. The van der Waals surface area contributed by atoms with E-state index in [-0.39, 0.29) is 12.8 Å². The van der Waals surface area contributed by atoms with Gasteiger partial charge in [0.25, 0.3) is 0 Å². The van der Waals surface area contributed by atoms with E-state index in [1.807, 2.05) is 13.8 Å². The number of aliphatic carboxylic acids is 1. The fourth-order valence-electron chi connectivity index (χ4n) is 2.08. The first-order valence-electron chi connectivity index (χ1n) is 10.1. The Labute approximate surface area is 182 Å². The van der Waals surface area contributed by atoms with E-state index in [1.54, 1.807) is 0 Å². The lowest BCUT2D eigenvalue weighted by Crippen LogP contribution is -2.37. The molecule has 0 aromatic rings. The smallest absolute Gasteiger partial charge is 0.462 e. The van der Waals surface area contributed by atoms with E-state index in [2.05, 4.69) is 4.76 Å². The van der Waals surface area contributed by atoms with Gasteiger partial charge in [0, 0.05) is 19.9 Å². The van der Waals surface area contributed by atoms with Gasteiger partial charge in [0.2, 0.25) is 19.5 Å². The summed E-state index contributed by atoms with van der Waals surface area (Å²) < 4.78 is 36.1. The van der Waals surface area contributed by atoms with Crippen LogP contribution in [0, 0.1) is 0 Å². The van der Waals surface area contributed by atoms with Gasteiger partial charge in [0.1, 0.15) is 6.54 Å². The van der Waals surface area contributed by atoms with Gasteiger partial charge in [-0.15, -0.1) is 4.76 Å². The lowest BCUT2D eigenvalue weighted by atomic mass is 10.2. The third kappa shape index (κ3) is 15.3. The molecular formula is C18H34N3O9P. The highest BCUT2D eigenvalue weighted by Crippen LogP contribution is 2.50. The highest BCUT2D eigenvalue weighted by molar-refractivity contribution is 7.52. The summed E-state index contributed by atoms with van der Waals surface area (Å²) in [5.74, 6) is -2.75. The first-order valence-corrected chi connectivity index (χ1v) is 11.6. The number of guanidine groups is 1. The summed E-state index contributed by atoms with van der Waals surface area (Å²) >= 11 is 0. The molecule has 13 heteroatoms. The molecule has 0 saturated heterocycles. The van der Waals surface area contributed by atoms with Crippen molar-refractivity contribution in [1.82, 2.24) is 4.90 Å². The number of esters is 2. The molecule has 0 aliphatic rings. The Morgan fingerprint density at radius 1 is 0.935 bits per heavy atom. The first-order chi connectivity index (χ1) is 14.6. The molecule has 0 heterocycles. The molecule has 0 bridgehead atoms. The summed E-state index contributed by atoms with van der Waals surface area (Å²) in [5.41, 5.74) is 5.64. The van der Waals surface area contributed by atoms with Crippen molar-refractivity contribution in [1.29, 1.82) is 0 Å². The van der Waals surface area contributed by atoms with Crippen molar-refractivity contribution in [3.63, 3.8) is 0 Å². The second-order valence-corrected chi connectivity index (χ2v) is 8.27. The number of hydrogen-bond acceptors (Lipinski definition) is 8. The van der Waals surface area contributed by atoms with Crippen LogP contribution in [0.25, 0.3) is 0 Å². The van der Waals surface area contributed by atoms with E-state index < -0.39 is 51.7 Å². The van der Waals surface area contributed by atoms with Crippen LogP contribution in [-0.4, -0.2) is 61.1 Å². The number of carbonyl (C=O) groups is 3. The zero-order chi connectivity index (χ0) is 23.7. The lowest BCUT2D eigenvalue weighted by Gasteiger charge is -2.19. The maximum Gasteiger partial charge on any atom is 0.462 e. The minimum Gasteiger partial charge on any atom is -0.480 e. The zero-order valence-corrected chi connectivity index (χ0v) is 19.3. The number of carbonyl (C=O) groups excluding carboxylic acids is 2. The minimum absolute atomic E-state index is 0.171. The fraction of sp³-hybridized carbons (Fsp3) is 0.778. The Balaban J connectivity index is 4.91. The van der Waals surface area contributed by atoms with Crippen LogP contribution in [0.1, 0.15) is 65.2 Å². The summed E-state index contributed by atoms with van der Waals surface area (Å²) in [4.78, 5) is 35.1. The quantitative estimate of drug-likeness (QED) is 0.0805. The number of unbranched alkanes of at least 4 members (excludes halogenated alkanes) is 4. The van der Waals surface area contributed by atoms with E-state index in [0.717, 1.165) is 30.6 Å². The summed E-state index contributed by atoms with van der Waals surface area (Å²) in [6.45, 7) is 2.00. The fourth-order valence-corrected chi connectivity index (χ4v) is 3.05. The van der Waals surface area contributed by atoms with Crippen molar-refractivity contribution in [3.8, 4) is 0 Å². The Morgan fingerprint density at radius 2 is 1.39 bits per heavy atom. The van der Waals surface area contributed by atoms with Crippen LogP contribution in [0.4, 0.5) is 0 Å². The van der Waals surface area contributed by atoms with Crippen LogP contribution in [0.15, 0.2) is 4.76 Å². The van der Waals surface area contributed by atoms with E-state index >= 15 is 0 Å². The Bertz CT molecular complexity index is 611.